The number of rotatable bonds is 4. The maximum atomic E-state index is 12.0. The summed E-state index contributed by atoms with van der Waals surface area (Å²) in [5.74, 6) is -1.11. The molecule has 0 aromatic carbocycles. The summed E-state index contributed by atoms with van der Waals surface area (Å²) >= 11 is 0. The van der Waals surface area contributed by atoms with Gasteiger partial charge in [0.2, 0.25) is 10.0 Å². The lowest BCUT2D eigenvalue weighted by Crippen LogP contribution is -2.55. The average Bonchev–Trinajstić information content (AvgIpc) is 2.77. The quantitative estimate of drug-likeness (QED) is 0.712. The van der Waals surface area contributed by atoms with Gasteiger partial charge in [0.05, 0.1) is 4.75 Å². The van der Waals surface area contributed by atoms with Crippen molar-refractivity contribution in [1.29, 1.82) is 0 Å². The molecule has 0 spiro atoms. The van der Waals surface area contributed by atoms with Gasteiger partial charge in [-0.3, -0.25) is 4.79 Å². The SMILES string of the molecule is CC1(S(=O)(=O)NC2(C(=O)O)CC=CC2)CC1. The molecule has 90 valence electrons. The normalized spacial score (nSPS) is 25.6. The van der Waals surface area contributed by atoms with Crippen LogP contribution in [0.2, 0.25) is 0 Å². The summed E-state index contributed by atoms with van der Waals surface area (Å²) < 4.78 is 25.6. The monoisotopic (exact) mass is 245 g/mol. The molecule has 0 aliphatic heterocycles. The Morgan fingerprint density at radius 3 is 2.19 bits per heavy atom. The smallest absolute Gasteiger partial charge is 0.325 e. The Hall–Kier alpha value is -0.880. The van der Waals surface area contributed by atoms with Gasteiger partial charge in [-0.25, -0.2) is 8.42 Å². The molecule has 0 heterocycles. The lowest BCUT2D eigenvalue weighted by molar-refractivity contribution is -0.143. The van der Waals surface area contributed by atoms with Gasteiger partial charge in [0.25, 0.3) is 0 Å². The van der Waals surface area contributed by atoms with Gasteiger partial charge in [-0.05, 0) is 32.6 Å². The van der Waals surface area contributed by atoms with E-state index in [1.54, 1.807) is 19.1 Å². The standard InChI is InChI=1S/C10H15NO4S/c1-9(6-7-9)16(14,15)11-10(8(12)13)4-2-3-5-10/h2-3,11H,4-7H2,1H3,(H,12,13). The zero-order valence-electron chi connectivity index (χ0n) is 9.06. The van der Waals surface area contributed by atoms with Crippen LogP contribution in [0.3, 0.4) is 0 Å². The summed E-state index contributed by atoms with van der Waals surface area (Å²) in [5, 5.41) is 9.15. The lowest BCUT2D eigenvalue weighted by atomic mass is 9.99. The van der Waals surface area contributed by atoms with E-state index in [4.69, 9.17) is 5.11 Å². The number of hydrogen-bond donors (Lipinski definition) is 2. The Bertz CT molecular complexity index is 439. The summed E-state index contributed by atoms with van der Waals surface area (Å²) in [7, 11) is -3.54. The molecule has 6 heteroatoms. The second-order valence-electron chi connectivity index (χ2n) is 4.82. The van der Waals surface area contributed by atoms with Crippen molar-refractivity contribution in [1.82, 2.24) is 4.72 Å². The first-order chi connectivity index (χ1) is 7.31. The molecular weight excluding hydrogens is 230 g/mol. The highest BCUT2D eigenvalue weighted by Crippen LogP contribution is 2.43. The second-order valence-corrected chi connectivity index (χ2v) is 7.02. The molecule has 16 heavy (non-hydrogen) atoms. The molecule has 0 bridgehead atoms. The van der Waals surface area contributed by atoms with E-state index in [9.17, 15) is 13.2 Å². The number of carboxylic acids is 1. The third kappa shape index (κ3) is 1.66. The van der Waals surface area contributed by atoms with Crippen LogP contribution in [0, 0.1) is 0 Å². The van der Waals surface area contributed by atoms with Gasteiger partial charge >= 0.3 is 5.97 Å². The van der Waals surface area contributed by atoms with Crippen molar-refractivity contribution in [2.75, 3.05) is 0 Å². The molecule has 2 aliphatic rings. The molecule has 2 aliphatic carbocycles. The zero-order chi connectivity index (χ0) is 12.0. The summed E-state index contributed by atoms with van der Waals surface area (Å²) in [4.78, 5) is 11.2. The lowest BCUT2D eigenvalue weighted by Gasteiger charge is -2.27. The molecule has 0 radical (unpaired) electrons. The Morgan fingerprint density at radius 2 is 1.81 bits per heavy atom. The van der Waals surface area contributed by atoms with E-state index in [1.807, 2.05) is 0 Å². The predicted molar refractivity (Wildman–Crippen MR) is 58.4 cm³/mol. The Kier molecular flexibility index (Phi) is 2.40. The van der Waals surface area contributed by atoms with E-state index < -0.39 is 26.3 Å². The van der Waals surface area contributed by atoms with E-state index >= 15 is 0 Å². The molecule has 5 nitrogen and oxygen atoms in total. The number of carboxylic acid groups (broad SMARTS) is 1. The average molecular weight is 245 g/mol. The zero-order valence-corrected chi connectivity index (χ0v) is 9.88. The Morgan fingerprint density at radius 1 is 1.31 bits per heavy atom. The summed E-state index contributed by atoms with van der Waals surface area (Å²) in [6.07, 6.45) is 5.05. The van der Waals surface area contributed by atoms with Crippen LogP contribution in [0.1, 0.15) is 32.6 Å². The summed E-state index contributed by atoms with van der Waals surface area (Å²) in [6, 6.07) is 0. The fraction of sp³-hybridized carbons (Fsp3) is 0.700. The van der Waals surface area contributed by atoms with E-state index in [1.165, 1.54) is 0 Å². The minimum Gasteiger partial charge on any atom is -0.480 e. The minimum absolute atomic E-state index is 0.220. The van der Waals surface area contributed by atoms with Crippen LogP contribution in [-0.2, 0) is 14.8 Å². The third-order valence-corrected chi connectivity index (χ3v) is 5.81. The van der Waals surface area contributed by atoms with Crippen molar-refractivity contribution in [3.05, 3.63) is 12.2 Å². The molecule has 0 unspecified atom stereocenters. The van der Waals surface area contributed by atoms with Gasteiger partial charge in [0.1, 0.15) is 5.54 Å². The predicted octanol–water partition coefficient (Wildman–Crippen LogP) is 0.632. The highest BCUT2D eigenvalue weighted by Gasteiger charge is 2.54. The molecule has 2 rings (SSSR count). The van der Waals surface area contributed by atoms with Crippen LogP contribution in [0.4, 0.5) is 0 Å². The Labute approximate surface area is 94.6 Å². The second kappa shape index (κ2) is 3.30. The van der Waals surface area contributed by atoms with Crippen molar-refractivity contribution in [3.63, 3.8) is 0 Å². The van der Waals surface area contributed by atoms with Gasteiger partial charge in [0.15, 0.2) is 0 Å². The number of carbonyl (C=O) groups is 1. The number of aliphatic carboxylic acids is 1. The van der Waals surface area contributed by atoms with Gasteiger partial charge < -0.3 is 5.11 Å². The molecule has 0 aromatic rings. The highest BCUT2D eigenvalue weighted by atomic mass is 32.2. The van der Waals surface area contributed by atoms with Gasteiger partial charge in [-0.15, -0.1) is 0 Å². The molecule has 0 saturated heterocycles. The topological polar surface area (TPSA) is 83.5 Å². The molecule has 2 N–H and O–H groups in total. The molecule has 0 atom stereocenters. The summed E-state index contributed by atoms with van der Waals surface area (Å²) in [6.45, 7) is 1.65. The fourth-order valence-corrected chi connectivity index (χ4v) is 3.43. The molecular formula is C10H15NO4S. The van der Waals surface area contributed by atoms with E-state index in [2.05, 4.69) is 4.72 Å². The largest absolute Gasteiger partial charge is 0.480 e. The number of nitrogens with one attached hydrogen (secondary N) is 1. The molecule has 1 saturated carbocycles. The first kappa shape index (κ1) is 11.6. The maximum Gasteiger partial charge on any atom is 0.325 e. The summed E-state index contributed by atoms with van der Waals surface area (Å²) in [5.41, 5.74) is -1.36. The number of sulfonamides is 1. The van der Waals surface area contributed by atoms with E-state index in [-0.39, 0.29) is 12.8 Å². The molecule has 0 aromatic heterocycles. The van der Waals surface area contributed by atoms with Crippen LogP contribution in [-0.4, -0.2) is 29.8 Å². The first-order valence-corrected chi connectivity index (χ1v) is 6.72. The van der Waals surface area contributed by atoms with Crippen LogP contribution in [0.15, 0.2) is 12.2 Å². The van der Waals surface area contributed by atoms with Crippen LogP contribution >= 0.6 is 0 Å². The van der Waals surface area contributed by atoms with E-state index in [0.29, 0.717) is 12.8 Å². The van der Waals surface area contributed by atoms with Gasteiger partial charge in [-0.1, -0.05) is 12.2 Å². The van der Waals surface area contributed by atoms with Gasteiger partial charge in [0, 0.05) is 0 Å². The highest BCUT2D eigenvalue weighted by molar-refractivity contribution is 7.91. The van der Waals surface area contributed by atoms with E-state index in [0.717, 1.165) is 0 Å². The minimum atomic E-state index is -3.54. The van der Waals surface area contributed by atoms with Crippen LogP contribution in [0.25, 0.3) is 0 Å². The molecule has 0 amide bonds. The maximum absolute atomic E-state index is 12.0. The molecule has 1 fully saturated rings. The van der Waals surface area contributed by atoms with Crippen LogP contribution < -0.4 is 4.72 Å². The first-order valence-electron chi connectivity index (χ1n) is 5.23. The fourth-order valence-electron chi connectivity index (χ4n) is 1.78. The number of hydrogen-bond acceptors (Lipinski definition) is 3. The van der Waals surface area contributed by atoms with Crippen molar-refractivity contribution >= 4 is 16.0 Å². The van der Waals surface area contributed by atoms with Gasteiger partial charge in [-0.2, -0.15) is 4.72 Å². The van der Waals surface area contributed by atoms with Crippen molar-refractivity contribution in [2.24, 2.45) is 0 Å². The van der Waals surface area contributed by atoms with Crippen molar-refractivity contribution < 1.29 is 18.3 Å². The Balaban J connectivity index is 2.22. The van der Waals surface area contributed by atoms with Crippen molar-refractivity contribution in [2.45, 2.75) is 42.9 Å². The van der Waals surface area contributed by atoms with Crippen LogP contribution in [0.5, 0.6) is 0 Å². The third-order valence-electron chi connectivity index (χ3n) is 3.44. The van der Waals surface area contributed by atoms with Crippen molar-refractivity contribution in [3.8, 4) is 0 Å².